The maximum atomic E-state index is 5.27. The summed E-state index contributed by atoms with van der Waals surface area (Å²) in [6.45, 7) is 3.56. The second-order valence-electron chi connectivity index (χ2n) is 2.40. The fourth-order valence-corrected chi connectivity index (χ4v) is 0.577. The van der Waals surface area contributed by atoms with Gasteiger partial charge in [-0.3, -0.25) is 0 Å². The summed E-state index contributed by atoms with van der Waals surface area (Å²) in [7, 11) is 0. The van der Waals surface area contributed by atoms with Crippen LogP contribution in [0.1, 0.15) is 19.0 Å². The average Bonchev–Trinajstić information content (AvgIpc) is 2.58. The van der Waals surface area contributed by atoms with E-state index in [1.807, 2.05) is 0 Å². The van der Waals surface area contributed by atoms with E-state index in [0.717, 1.165) is 25.1 Å². The molecule has 70 valence electrons. The van der Waals surface area contributed by atoms with E-state index in [0.29, 0.717) is 6.54 Å². The van der Waals surface area contributed by atoms with E-state index in [9.17, 15) is 0 Å². The van der Waals surface area contributed by atoms with Crippen molar-refractivity contribution in [1.82, 2.24) is 9.97 Å². The van der Waals surface area contributed by atoms with Gasteiger partial charge in [-0.2, -0.15) is 0 Å². The third-order valence-corrected chi connectivity index (χ3v) is 1.26. The molecule has 0 fully saturated rings. The summed E-state index contributed by atoms with van der Waals surface area (Å²) in [4.78, 5) is 6.78. The number of aromatic nitrogens is 2. The molecule has 0 aliphatic rings. The number of H-pyrrole nitrogens is 1. The lowest BCUT2D eigenvalue weighted by Crippen LogP contribution is -2.02. The van der Waals surface area contributed by atoms with Crippen molar-refractivity contribution in [3.63, 3.8) is 0 Å². The number of hydrogen-bond donors (Lipinski definition) is 3. The van der Waals surface area contributed by atoms with Gasteiger partial charge in [0.1, 0.15) is 0 Å². The van der Waals surface area contributed by atoms with Crippen LogP contribution in [0.4, 0.5) is 0 Å². The number of nitrogens with one attached hydrogen (secondary N) is 1. The Hall–Kier alpha value is -0.870. The summed E-state index contributed by atoms with van der Waals surface area (Å²) < 4.78 is 0. The van der Waals surface area contributed by atoms with Crippen LogP contribution in [0.3, 0.4) is 0 Å². The minimum Gasteiger partial charge on any atom is -0.348 e. The molecule has 4 nitrogen and oxygen atoms in total. The lowest BCUT2D eigenvalue weighted by molar-refractivity contribution is 0.932. The summed E-state index contributed by atoms with van der Waals surface area (Å²) in [5, 5.41) is 0. The van der Waals surface area contributed by atoms with Crippen LogP contribution < -0.4 is 11.5 Å². The molecule has 0 aliphatic heterocycles. The van der Waals surface area contributed by atoms with Crippen LogP contribution in [0.15, 0.2) is 12.5 Å². The van der Waals surface area contributed by atoms with Crippen LogP contribution in [0.25, 0.3) is 0 Å². The van der Waals surface area contributed by atoms with Crippen molar-refractivity contribution in [2.75, 3.05) is 13.1 Å². The fraction of sp³-hybridized carbons (Fsp3) is 0.625. The van der Waals surface area contributed by atoms with E-state index in [1.165, 1.54) is 0 Å². The standard InChI is InChI=1S/C5H9N3.C3H9N/c6-2-1-5-3-7-4-8-5;1-2-3-4/h3-4H,1-2,6H2,(H,7,8);2-4H2,1H3. The molecule has 1 heterocycles. The molecule has 1 rings (SSSR count). The SMILES string of the molecule is CCCN.NCCc1cnc[nH]1. The number of nitrogens with two attached hydrogens (primary N) is 2. The van der Waals surface area contributed by atoms with Gasteiger partial charge in [-0.25, -0.2) is 4.98 Å². The van der Waals surface area contributed by atoms with Gasteiger partial charge >= 0.3 is 0 Å². The smallest absolute Gasteiger partial charge is 0.0921 e. The first-order valence-electron chi connectivity index (χ1n) is 4.22. The largest absolute Gasteiger partial charge is 0.348 e. The Bertz CT molecular complexity index is 158. The van der Waals surface area contributed by atoms with Gasteiger partial charge in [0.15, 0.2) is 0 Å². The number of imidazole rings is 1. The van der Waals surface area contributed by atoms with Crippen molar-refractivity contribution in [2.45, 2.75) is 19.8 Å². The van der Waals surface area contributed by atoms with Gasteiger partial charge in [0.05, 0.1) is 6.33 Å². The average molecular weight is 170 g/mol. The minimum absolute atomic E-state index is 0.683. The molecule has 4 heteroatoms. The van der Waals surface area contributed by atoms with Crippen LogP contribution in [0.5, 0.6) is 0 Å². The van der Waals surface area contributed by atoms with Crippen molar-refractivity contribution < 1.29 is 0 Å². The zero-order valence-corrected chi connectivity index (χ0v) is 7.59. The topological polar surface area (TPSA) is 80.7 Å². The van der Waals surface area contributed by atoms with E-state index < -0.39 is 0 Å². The highest BCUT2D eigenvalue weighted by atomic mass is 14.9. The first-order chi connectivity index (χ1) is 5.85. The lowest BCUT2D eigenvalue weighted by atomic mass is 10.3. The Morgan fingerprint density at radius 2 is 2.08 bits per heavy atom. The van der Waals surface area contributed by atoms with Gasteiger partial charge in [-0.05, 0) is 19.5 Å². The fourth-order valence-electron chi connectivity index (χ4n) is 0.577. The minimum atomic E-state index is 0.683. The summed E-state index contributed by atoms with van der Waals surface area (Å²) in [5.74, 6) is 0. The number of aromatic amines is 1. The van der Waals surface area contributed by atoms with Gasteiger partial charge in [0.25, 0.3) is 0 Å². The summed E-state index contributed by atoms with van der Waals surface area (Å²) in [5.41, 5.74) is 11.4. The van der Waals surface area contributed by atoms with Gasteiger partial charge in [-0.15, -0.1) is 0 Å². The molecule has 1 aromatic rings. The van der Waals surface area contributed by atoms with Crippen molar-refractivity contribution in [3.05, 3.63) is 18.2 Å². The van der Waals surface area contributed by atoms with E-state index >= 15 is 0 Å². The van der Waals surface area contributed by atoms with Crippen LogP contribution in [0, 0.1) is 0 Å². The molecule has 12 heavy (non-hydrogen) atoms. The summed E-state index contributed by atoms with van der Waals surface area (Å²) in [6.07, 6.45) is 5.43. The summed E-state index contributed by atoms with van der Waals surface area (Å²) >= 11 is 0. The predicted molar refractivity (Wildman–Crippen MR) is 50.7 cm³/mol. The van der Waals surface area contributed by atoms with E-state index in [-0.39, 0.29) is 0 Å². The van der Waals surface area contributed by atoms with Crippen molar-refractivity contribution in [1.29, 1.82) is 0 Å². The number of rotatable bonds is 3. The zero-order chi connectivity index (χ0) is 9.23. The Morgan fingerprint density at radius 1 is 1.42 bits per heavy atom. The zero-order valence-electron chi connectivity index (χ0n) is 7.59. The first-order valence-corrected chi connectivity index (χ1v) is 4.22. The Balaban J connectivity index is 0.000000261. The normalized spacial score (nSPS) is 8.92. The summed E-state index contributed by atoms with van der Waals surface area (Å²) in [6, 6.07) is 0. The third-order valence-electron chi connectivity index (χ3n) is 1.26. The first kappa shape index (κ1) is 11.1. The van der Waals surface area contributed by atoms with Crippen molar-refractivity contribution >= 4 is 0 Å². The lowest BCUT2D eigenvalue weighted by Gasteiger charge is -1.86. The molecule has 0 amide bonds. The molecule has 0 bridgehead atoms. The molecule has 0 atom stereocenters. The highest BCUT2D eigenvalue weighted by Crippen LogP contribution is 1.88. The quantitative estimate of drug-likeness (QED) is 0.609. The second-order valence-corrected chi connectivity index (χ2v) is 2.40. The molecule has 0 aromatic carbocycles. The van der Waals surface area contributed by atoms with Crippen LogP contribution >= 0.6 is 0 Å². The molecule has 0 radical (unpaired) electrons. The molecule has 0 spiro atoms. The molecular weight excluding hydrogens is 152 g/mol. The Morgan fingerprint density at radius 3 is 2.42 bits per heavy atom. The maximum absolute atomic E-state index is 5.27. The Kier molecular flexibility index (Phi) is 7.63. The molecule has 0 aliphatic carbocycles. The predicted octanol–water partition coefficient (Wildman–Crippen LogP) is 0.266. The van der Waals surface area contributed by atoms with Crippen molar-refractivity contribution in [2.24, 2.45) is 11.5 Å². The maximum Gasteiger partial charge on any atom is 0.0921 e. The van der Waals surface area contributed by atoms with Gasteiger partial charge in [0, 0.05) is 18.3 Å². The third kappa shape index (κ3) is 5.88. The highest BCUT2D eigenvalue weighted by Gasteiger charge is 1.87. The Labute approximate surface area is 73.4 Å². The second kappa shape index (κ2) is 8.23. The van der Waals surface area contributed by atoms with E-state index in [4.69, 9.17) is 11.5 Å². The van der Waals surface area contributed by atoms with Gasteiger partial charge in [0.2, 0.25) is 0 Å². The van der Waals surface area contributed by atoms with Crippen LogP contribution in [-0.4, -0.2) is 23.1 Å². The molecular formula is C8H18N4. The van der Waals surface area contributed by atoms with Crippen LogP contribution in [-0.2, 0) is 6.42 Å². The van der Waals surface area contributed by atoms with Crippen molar-refractivity contribution in [3.8, 4) is 0 Å². The van der Waals surface area contributed by atoms with Crippen LogP contribution in [0.2, 0.25) is 0 Å². The molecule has 5 N–H and O–H groups in total. The number of nitrogens with zero attached hydrogens (tertiary/aromatic N) is 1. The monoisotopic (exact) mass is 170 g/mol. The van der Waals surface area contributed by atoms with Gasteiger partial charge in [-0.1, -0.05) is 6.92 Å². The molecule has 0 saturated carbocycles. The van der Waals surface area contributed by atoms with E-state index in [2.05, 4.69) is 16.9 Å². The highest BCUT2D eigenvalue weighted by molar-refractivity contribution is 4.93. The molecule has 0 saturated heterocycles. The molecule has 0 unspecified atom stereocenters. The molecule has 1 aromatic heterocycles. The van der Waals surface area contributed by atoms with Gasteiger partial charge < -0.3 is 16.5 Å². The number of hydrogen-bond acceptors (Lipinski definition) is 3. The van der Waals surface area contributed by atoms with E-state index in [1.54, 1.807) is 12.5 Å².